The van der Waals surface area contributed by atoms with E-state index in [4.69, 9.17) is 10.4 Å². The standard InChI is InChI=1S/C8H5N3O3/c9-5-11(14)10-7-3-1-6(2-4-7)8(12)13/h1-4H,(H,12,13). The Morgan fingerprint density at radius 2 is 2.07 bits per heavy atom. The van der Waals surface area contributed by atoms with Crippen molar-refractivity contribution in [2.45, 2.75) is 0 Å². The molecular formula is C8H5N3O3. The zero-order chi connectivity index (χ0) is 10.6. The third kappa shape index (κ3) is 2.28. The van der Waals surface area contributed by atoms with Gasteiger partial charge in [0.25, 0.3) is 0 Å². The van der Waals surface area contributed by atoms with Gasteiger partial charge in [-0.3, -0.25) is 0 Å². The highest BCUT2D eigenvalue weighted by Crippen LogP contribution is 2.12. The molecule has 0 amide bonds. The normalized spacial score (nSPS) is 10.6. The van der Waals surface area contributed by atoms with Crippen LogP contribution >= 0.6 is 0 Å². The molecule has 1 N–H and O–H groups in total. The number of nitriles is 1. The summed E-state index contributed by atoms with van der Waals surface area (Å²) in [6.45, 7) is 0. The average molecular weight is 191 g/mol. The van der Waals surface area contributed by atoms with E-state index in [1.807, 2.05) is 0 Å². The van der Waals surface area contributed by atoms with E-state index >= 15 is 0 Å². The molecule has 0 aliphatic heterocycles. The van der Waals surface area contributed by atoms with E-state index in [0.717, 1.165) is 0 Å². The highest BCUT2D eigenvalue weighted by atomic mass is 16.5. The summed E-state index contributed by atoms with van der Waals surface area (Å²) in [7, 11) is 0. The SMILES string of the molecule is N#C[N+]([O-])=Nc1ccc(C(=O)O)cc1. The van der Waals surface area contributed by atoms with Crippen molar-refractivity contribution in [1.82, 2.24) is 0 Å². The van der Waals surface area contributed by atoms with Gasteiger partial charge in [-0.1, -0.05) is 9.97 Å². The molecule has 0 atom stereocenters. The number of benzene rings is 1. The maximum Gasteiger partial charge on any atom is 0.485 e. The van der Waals surface area contributed by atoms with Gasteiger partial charge in [-0.25, -0.2) is 4.79 Å². The second-order valence-corrected chi connectivity index (χ2v) is 2.32. The minimum Gasteiger partial charge on any atom is -0.682 e. The molecule has 6 heteroatoms. The van der Waals surface area contributed by atoms with Crippen LogP contribution in [-0.2, 0) is 0 Å². The van der Waals surface area contributed by atoms with Crippen LogP contribution in [-0.4, -0.2) is 15.9 Å². The summed E-state index contributed by atoms with van der Waals surface area (Å²) >= 11 is 0. The van der Waals surface area contributed by atoms with E-state index in [1.54, 1.807) is 0 Å². The largest absolute Gasteiger partial charge is 0.682 e. The molecular weight excluding hydrogens is 186 g/mol. The van der Waals surface area contributed by atoms with Gasteiger partial charge in [0, 0.05) is 0 Å². The third-order valence-electron chi connectivity index (χ3n) is 1.41. The summed E-state index contributed by atoms with van der Waals surface area (Å²) in [4.78, 5) is 10.3. The first-order chi connectivity index (χ1) is 6.63. The Kier molecular flexibility index (Phi) is 2.76. The Morgan fingerprint density at radius 3 is 2.50 bits per heavy atom. The van der Waals surface area contributed by atoms with Gasteiger partial charge in [0.15, 0.2) is 5.26 Å². The van der Waals surface area contributed by atoms with E-state index in [2.05, 4.69) is 5.11 Å². The van der Waals surface area contributed by atoms with Crippen LogP contribution in [0.1, 0.15) is 10.4 Å². The molecule has 0 saturated carbocycles. The molecule has 6 nitrogen and oxygen atoms in total. The smallest absolute Gasteiger partial charge is 0.485 e. The first-order valence-corrected chi connectivity index (χ1v) is 3.55. The van der Waals surface area contributed by atoms with Gasteiger partial charge in [0.05, 0.1) is 5.56 Å². The van der Waals surface area contributed by atoms with E-state index in [9.17, 15) is 10.0 Å². The van der Waals surface area contributed by atoms with Crippen molar-refractivity contribution >= 4 is 11.7 Å². The summed E-state index contributed by atoms with van der Waals surface area (Å²) in [5.74, 6) is -1.06. The van der Waals surface area contributed by atoms with Gasteiger partial charge in [0.2, 0.25) is 0 Å². The average Bonchev–Trinajstić information content (AvgIpc) is 2.18. The molecule has 0 radical (unpaired) electrons. The van der Waals surface area contributed by atoms with Crippen LogP contribution < -0.4 is 0 Å². The fourth-order valence-corrected chi connectivity index (χ4v) is 0.798. The first-order valence-electron chi connectivity index (χ1n) is 3.55. The van der Waals surface area contributed by atoms with Crippen molar-refractivity contribution in [1.29, 1.82) is 5.26 Å². The van der Waals surface area contributed by atoms with Gasteiger partial charge < -0.3 is 10.3 Å². The molecule has 1 rings (SSSR count). The highest BCUT2D eigenvalue weighted by Gasteiger charge is 2.01. The number of azo groups is 1. The van der Waals surface area contributed by atoms with Gasteiger partial charge in [-0.15, -0.1) is 0 Å². The fourth-order valence-electron chi connectivity index (χ4n) is 0.798. The molecule has 0 saturated heterocycles. The van der Waals surface area contributed by atoms with Crippen molar-refractivity contribution in [3.63, 3.8) is 0 Å². The van der Waals surface area contributed by atoms with Crippen LogP contribution in [0.2, 0.25) is 0 Å². The minimum absolute atomic E-state index is 0.0957. The van der Waals surface area contributed by atoms with Crippen molar-refractivity contribution in [3.8, 4) is 6.19 Å². The van der Waals surface area contributed by atoms with E-state index in [0.29, 0.717) is 0 Å². The highest BCUT2D eigenvalue weighted by molar-refractivity contribution is 5.87. The number of carboxylic acid groups (broad SMARTS) is 1. The Hall–Kier alpha value is -2.42. The molecule has 0 heterocycles. The molecule has 0 aliphatic rings. The van der Waals surface area contributed by atoms with Crippen LogP contribution in [0.5, 0.6) is 0 Å². The number of nitrogens with zero attached hydrogens (tertiary/aromatic N) is 3. The molecule has 0 unspecified atom stereocenters. The monoisotopic (exact) mass is 191 g/mol. The fraction of sp³-hybridized carbons (Fsp3) is 0. The minimum atomic E-state index is -1.06. The van der Waals surface area contributed by atoms with E-state index < -0.39 is 5.97 Å². The van der Waals surface area contributed by atoms with Crippen molar-refractivity contribution in [2.75, 3.05) is 0 Å². The summed E-state index contributed by atoms with van der Waals surface area (Å²) in [6.07, 6.45) is 1.25. The zero-order valence-electron chi connectivity index (χ0n) is 6.91. The number of hydroxylamine groups is 1. The number of hydrogen-bond acceptors (Lipinski definition) is 4. The van der Waals surface area contributed by atoms with Gasteiger partial charge >= 0.3 is 12.2 Å². The summed E-state index contributed by atoms with van der Waals surface area (Å²) in [6, 6.07) is 5.27. The lowest BCUT2D eigenvalue weighted by molar-refractivity contribution is -0.433. The Morgan fingerprint density at radius 1 is 1.50 bits per heavy atom. The number of carbonyl (C=O) groups is 1. The maximum atomic E-state index is 10.5. The lowest BCUT2D eigenvalue weighted by Crippen LogP contribution is -1.94. The van der Waals surface area contributed by atoms with Crippen molar-refractivity contribution in [3.05, 3.63) is 35.0 Å². The Labute approximate surface area is 78.9 Å². The second kappa shape index (κ2) is 4.00. The van der Waals surface area contributed by atoms with E-state index in [-0.39, 0.29) is 16.1 Å². The molecule has 14 heavy (non-hydrogen) atoms. The quantitative estimate of drug-likeness (QED) is 0.251. The first kappa shape index (κ1) is 9.67. The van der Waals surface area contributed by atoms with Crippen LogP contribution in [0.4, 0.5) is 5.69 Å². The molecule has 0 fully saturated rings. The summed E-state index contributed by atoms with van der Waals surface area (Å²) in [5.41, 5.74) is 0.324. The van der Waals surface area contributed by atoms with Crippen LogP contribution in [0.15, 0.2) is 29.4 Å². The molecule has 0 aliphatic carbocycles. The lowest BCUT2D eigenvalue weighted by Gasteiger charge is -1.95. The summed E-state index contributed by atoms with van der Waals surface area (Å²) in [5, 5.41) is 30.4. The Balaban J connectivity index is 2.96. The molecule has 0 spiro atoms. The Bertz CT molecular complexity index is 416. The van der Waals surface area contributed by atoms with Crippen molar-refractivity contribution < 1.29 is 14.8 Å². The lowest BCUT2D eigenvalue weighted by atomic mass is 10.2. The van der Waals surface area contributed by atoms with Crippen LogP contribution in [0.3, 0.4) is 0 Å². The number of carboxylic acids is 1. The predicted octanol–water partition coefficient (Wildman–Crippen LogP) is 1.46. The maximum absolute atomic E-state index is 10.5. The van der Waals surface area contributed by atoms with Gasteiger partial charge in [-0.05, 0) is 24.3 Å². The second-order valence-electron chi connectivity index (χ2n) is 2.32. The van der Waals surface area contributed by atoms with Crippen LogP contribution in [0.25, 0.3) is 0 Å². The molecule has 70 valence electrons. The predicted molar refractivity (Wildman–Crippen MR) is 44.7 cm³/mol. The van der Waals surface area contributed by atoms with E-state index in [1.165, 1.54) is 30.5 Å². The summed E-state index contributed by atoms with van der Waals surface area (Å²) < 4.78 is 0. The third-order valence-corrected chi connectivity index (χ3v) is 1.41. The van der Waals surface area contributed by atoms with Crippen molar-refractivity contribution in [2.24, 2.45) is 5.11 Å². The number of hydrogen-bond donors (Lipinski definition) is 1. The van der Waals surface area contributed by atoms with Gasteiger partial charge in [0.1, 0.15) is 5.69 Å². The number of rotatable bonds is 2. The topological polar surface area (TPSA) is 99.5 Å². The van der Waals surface area contributed by atoms with Gasteiger partial charge in [-0.2, -0.15) is 0 Å². The molecule has 1 aromatic carbocycles. The molecule has 0 aromatic heterocycles. The zero-order valence-corrected chi connectivity index (χ0v) is 6.91. The molecule has 0 bridgehead atoms. The van der Waals surface area contributed by atoms with Crippen LogP contribution in [0, 0.1) is 16.7 Å². The number of aromatic carboxylic acids is 1. The molecule has 1 aromatic rings.